The Labute approximate surface area is 202 Å². The van der Waals surface area contributed by atoms with Crippen LogP contribution in [0.3, 0.4) is 0 Å². The highest BCUT2D eigenvalue weighted by molar-refractivity contribution is 7.15. The summed E-state index contributed by atoms with van der Waals surface area (Å²) >= 11 is 1.27. The van der Waals surface area contributed by atoms with Crippen LogP contribution in [0.5, 0.6) is 0 Å². The Bertz CT molecular complexity index is 1250. The minimum absolute atomic E-state index is 0.0503. The van der Waals surface area contributed by atoms with Gasteiger partial charge < -0.3 is 10.2 Å². The number of anilines is 3. The minimum atomic E-state index is -0.345. The van der Waals surface area contributed by atoms with Gasteiger partial charge in [-0.2, -0.15) is 0 Å². The van der Waals surface area contributed by atoms with E-state index in [1.807, 2.05) is 32.0 Å². The molecule has 1 unspecified atom stereocenters. The van der Waals surface area contributed by atoms with Gasteiger partial charge in [0.15, 0.2) is 0 Å². The average molecular weight is 478 g/mol. The summed E-state index contributed by atoms with van der Waals surface area (Å²) in [6.07, 6.45) is 0.354. The van der Waals surface area contributed by atoms with Crippen LogP contribution in [0.4, 0.5) is 16.5 Å². The van der Waals surface area contributed by atoms with Gasteiger partial charge in [-0.25, -0.2) is 0 Å². The molecule has 1 aliphatic heterocycles. The summed E-state index contributed by atoms with van der Waals surface area (Å²) in [6.45, 7) is 8.21. The maximum absolute atomic E-state index is 12.7. The second-order valence-electron chi connectivity index (χ2n) is 8.80. The van der Waals surface area contributed by atoms with Crippen molar-refractivity contribution in [1.29, 1.82) is 0 Å². The van der Waals surface area contributed by atoms with Gasteiger partial charge in [0, 0.05) is 41.7 Å². The molecule has 8 nitrogen and oxygen atoms in total. The molecule has 0 bridgehead atoms. The standard InChI is InChI=1S/C25H27N5O3S/c1-14(2)22(32)26-19-7-5-6-17(11-19)23(33)27-25-29-28-24(34-25)18-12-21(31)30(13-18)20-9-8-15(3)16(4)10-20/h5-11,14,18H,12-13H2,1-4H3,(H,26,32)(H,27,29,33). The first-order valence-electron chi connectivity index (χ1n) is 11.1. The maximum atomic E-state index is 12.7. The lowest BCUT2D eigenvalue weighted by Gasteiger charge is -2.17. The number of carbonyl (C=O) groups excluding carboxylic acids is 3. The van der Waals surface area contributed by atoms with Gasteiger partial charge in [-0.3, -0.25) is 19.7 Å². The topological polar surface area (TPSA) is 104 Å². The molecule has 34 heavy (non-hydrogen) atoms. The fraction of sp³-hybridized carbons (Fsp3) is 0.320. The third-order valence-electron chi connectivity index (χ3n) is 5.85. The van der Waals surface area contributed by atoms with Crippen LogP contribution in [0.2, 0.25) is 0 Å². The number of carbonyl (C=O) groups is 3. The predicted octanol–water partition coefficient (Wildman–Crippen LogP) is 4.52. The molecule has 0 spiro atoms. The van der Waals surface area contributed by atoms with Gasteiger partial charge >= 0.3 is 0 Å². The number of aryl methyl sites for hydroxylation is 2. The van der Waals surface area contributed by atoms with Gasteiger partial charge in [-0.15, -0.1) is 10.2 Å². The highest BCUT2D eigenvalue weighted by Gasteiger charge is 2.34. The predicted molar refractivity (Wildman–Crippen MR) is 133 cm³/mol. The Hall–Kier alpha value is -3.59. The van der Waals surface area contributed by atoms with Crippen LogP contribution >= 0.6 is 11.3 Å². The molecule has 1 saturated heterocycles. The number of benzene rings is 2. The van der Waals surface area contributed by atoms with E-state index in [1.54, 1.807) is 43.0 Å². The highest BCUT2D eigenvalue weighted by atomic mass is 32.1. The van der Waals surface area contributed by atoms with Gasteiger partial charge in [0.25, 0.3) is 5.91 Å². The van der Waals surface area contributed by atoms with E-state index >= 15 is 0 Å². The van der Waals surface area contributed by atoms with Gasteiger partial charge in [-0.05, 0) is 55.3 Å². The zero-order chi connectivity index (χ0) is 24.4. The first-order chi connectivity index (χ1) is 16.2. The molecule has 0 aliphatic carbocycles. The van der Waals surface area contributed by atoms with Gasteiger partial charge in [0.1, 0.15) is 5.01 Å². The van der Waals surface area contributed by atoms with E-state index in [4.69, 9.17) is 0 Å². The van der Waals surface area contributed by atoms with Crippen LogP contribution in [-0.4, -0.2) is 34.5 Å². The Morgan fingerprint density at radius 1 is 1.06 bits per heavy atom. The van der Waals surface area contributed by atoms with Crippen LogP contribution in [0.25, 0.3) is 0 Å². The van der Waals surface area contributed by atoms with Gasteiger partial charge in [-0.1, -0.05) is 37.3 Å². The Balaban J connectivity index is 1.42. The van der Waals surface area contributed by atoms with Crippen molar-refractivity contribution < 1.29 is 14.4 Å². The fourth-order valence-corrected chi connectivity index (χ4v) is 4.49. The minimum Gasteiger partial charge on any atom is -0.326 e. The number of amides is 3. The molecule has 1 fully saturated rings. The molecule has 1 atom stereocenters. The van der Waals surface area contributed by atoms with Crippen molar-refractivity contribution >= 4 is 45.6 Å². The van der Waals surface area contributed by atoms with Crippen molar-refractivity contribution in [2.75, 3.05) is 22.1 Å². The highest BCUT2D eigenvalue weighted by Crippen LogP contribution is 2.35. The molecule has 2 aromatic carbocycles. The molecule has 0 radical (unpaired) electrons. The molecule has 3 aromatic rings. The normalized spacial score (nSPS) is 15.6. The Morgan fingerprint density at radius 2 is 1.85 bits per heavy atom. The number of rotatable bonds is 6. The molecular weight excluding hydrogens is 450 g/mol. The summed E-state index contributed by atoms with van der Waals surface area (Å²) < 4.78 is 0. The van der Waals surface area contributed by atoms with E-state index in [0.29, 0.717) is 34.4 Å². The molecule has 176 valence electrons. The SMILES string of the molecule is Cc1ccc(N2CC(c3nnc(NC(=O)c4cccc(NC(=O)C(C)C)c4)s3)CC2=O)cc1C. The molecule has 2 N–H and O–H groups in total. The van der Waals surface area contributed by atoms with Crippen molar-refractivity contribution in [3.8, 4) is 0 Å². The molecule has 4 rings (SSSR count). The first-order valence-corrected chi connectivity index (χ1v) is 12.0. The number of hydrogen-bond acceptors (Lipinski definition) is 6. The van der Waals surface area contributed by atoms with Crippen LogP contribution in [0.15, 0.2) is 42.5 Å². The monoisotopic (exact) mass is 477 g/mol. The molecular formula is C25H27N5O3S. The smallest absolute Gasteiger partial charge is 0.257 e. The lowest BCUT2D eigenvalue weighted by atomic mass is 10.1. The van der Waals surface area contributed by atoms with Crippen molar-refractivity contribution in [1.82, 2.24) is 10.2 Å². The fourth-order valence-electron chi connectivity index (χ4n) is 3.66. The lowest BCUT2D eigenvalue weighted by Crippen LogP contribution is -2.24. The number of nitrogens with one attached hydrogen (secondary N) is 2. The molecule has 0 saturated carbocycles. The quantitative estimate of drug-likeness (QED) is 0.543. The van der Waals surface area contributed by atoms with Crippen LogP contribution < -0.4 is 15.5 Å². The number of nitrogens with zero attached hydrogens (tertiary/aromatic N) is 3. The summed E-state index contributed by atoms with van der Waals surface area (Å²) in [4.78, 5) is 39.1. The molecule has 1 aliphatic rings. The summed E-state index contributed by atoms with van der Waals surface area (Å²) in [5, 5.41) is 15.0. The summed E-state index contributed by atoms with van der Waals surface area (Å²) in [6, 6.07) is 12.7. The molecule has 3 amide bonds. The van der Waals surface area contributed by atoms with E-state index in [-0.39, 0.29) is 29.6 Å². The van der Waals surface area contributed by atoms with Gasteiger partial charge in [0.2, 0.25) is 16.9 Å². The van der Waals surface area contributed by atoms with Crippen molar-refractivity contribution in [3.05, 3.63) is 64.2 Å². The Kier molecular flexibility index (Phi) is 6.74. The number of aromatic nitrogens is 2. The third kappa shape index (κ3) is 5.14. The lowest BCUT2D eigenvalue weighted by molar-refractivity contribution is -0.119. The third-order valence-corrected chi connectivity index (χ3v) is 6.86. The van der Waals surface area contributed by atoms with E-state index in [9.17, 15) is 14.4 Å². The number of hydrogen-bond donors (Lipinski definition) is 2. The summed E-state index contributed by atoms with van der Waals surface area (Å²) in [5.41, 5.74) is 4.17. The van der Waals surface area contributed by atoms with E-state index in [0.717, 1.165) is 11.3 Å². The first kappa shape index (κ1) is 23.6. The van der Waals surface area contributed by atoms with E-state index in [1.165, 1.54) is 16.9 Å². The van der Waals surface area contributed by atoms with Crippen LogP contribution in [0.1, 0.15) is 52.7 Å². The molecule has 9 heteroatoms. The van der Waals surface area contributed by atoms with Crippen molar-refractivity contribution in [3.63, 3.8) is 0 Å². The van der Waals surface area contributed by atoms with Gasteiger partial charge in [0.05, 0.1) is 0 Å². The molecule has 1 aromatic heterocycles. The van der Waals surface area contributed by atoms with E-state index in [2.05, 4.69) is 20.8 Å². The van der Waals surface area contributed by atoms with Crippen LogP contribution in [-0.2, 0) is 9.59 Å². The maximum Gasteiger partial charge on any atom is 0.257 e. The second-order valence-corrected chi connectivity index (χ2v) is 9.81. The second kappa shape index (κ2) is 9.72. The Morgan fingerprint density at radius 3 is 2.59 bits per heavy atom. The van der Waals surface area contributed by atoms with Crippen molar-refractivity contribution in [2.24, 2.45) is 5.92 Å². The van der Waals surface area contributed by atoms with Crippen molar-refractivity contribution in [2.45, 2.75) is 40.0 Å². The summed E-state index contributed by atoms with van der Waals surface area (Å²) in [5.74, 6) is -0.651. The largest absolute Gasteiger partial charge is 0.326 e. The van der Waals surface area contributed by atoms with E-state index < -0.39 is 0 Å². The van der Waals surface area contributed by atoms with Crippen LogP contribution in [0, 0.1) is 19.8 Å². The molecule has 2 heterocycles. The average Bonchev–Trinajstić information content (AvgIpc) is 3.42. The summed E-state index contributed by atoms with van der Waals surface area (Å²) in [7, 11) is 0. The zero-order valence-electron chi connectivity index (χ0n) is 19.6. The zero-order valence-corrected chi connectivity index (χ0v) is 20.4.